The maximum Gasteiger partial charge on any atom is 0.115 e. The number of hydrogen-bond acceptors (Lipinski definition) is 3. The Morgan fingerprint density at radius 2 is 1.54 bits per heavy atom. The summed E-state index contributed by atoms with van der Waals surface area (Å²) in [5, 5.41) is 8.85. The van der Waals surface area contributed by atoms with E-state index in [2.05, 4.69) is 16.7 Å². The molecule has 0 radical (unpaired) electrons. The van der Waals surface area contributed by atoms with Crippen LogP contribution in [0.25, 0.3) is 0 Å². The van der Waals surface area contributed by atoms with Crippen LogP contribution in [0.15, 0.2) is 24.3 Å². The van der Waals surface area contributed by atoms with Crippen LogP contribution in [-0.4, -0.2) is 19.3 Å². The van der Waals surface area contributed by atoms with Gasteiger partial charge < -0.3 is 5.11 Å². The molecule has 0 unspecified atom stereocenters. The first-order chi connectivity index (χ1) is 6.24. The van der Waals surface area contributed by atoms with Gasteiger partial charge in [-0.15, -0.1) is 0 Å². The van der Waals surface area contributed by atoms with Gasteiger partial charge in [0.2, 0.25) is 0 Å². The van der Waals surface area contributed by atoms with E-state index in [1.165, 1.54) is 19.8 Å². The average molecular weight is 184 g/mol. The fourth-order valence-corrected chi connectivity index (χ4v) is 0.732. The Bertz CT molecular complexity index is 204. The molecule has 0 saturated heterocycles. The number of hydrogen-bond donors (Lipinski definition) is 1. The van der Waals surface area contributed by atoms with Gasteiger partial charge in [-0.1, -0.05) is 19.1 Å². The molecule has 0 aliphatic heterocycles. The number of phenolic OH excluding ortho intramolecular Hbond substituents is 1. The van der Waals surface area contributed by atoms with Crippen LogP contribution >= 0.6 is 0 Å². The van der Waals surface area contributed by atoms with E-state index in [0.29, 0.717) is 5.75 Å². The first kappa shape index (κ1) is 11.9. The normalized spacial score (nSPS) is 8.85. The first-order valence-corrected chi connectivity index (χ1v) is 4.09. The number of phenols is 1. The van der Waals surface area contributed by atoms with Gasteiger partial charge in [0.05, 0.1) is 14.2 Å². The van der Waals surface area contributed by atoms with E-state index in [0.717, 1.165) is 6.42 Å². The lowest BCUT2D eigenvalue weighted by atomic mass is 10.2. The predicted octanol–water partition coefficient (Wildman–Crippen LogP) is 2.15. The lowest BCUT2D eigenvalue weighted by Gasteiger charge is -1.93. The first-order valence-electron chi connectivity index (χ1n) is 4.09. The van der Waals surface area contributed by atoms with Crippen molar-refractivity contribution in [1.82, 2.24) is 0 Å². The van der Waals surface area contributed by atoms with E-state index in [-0.39, 0.29) is 0 Å². The number of rotatable bonds is 2. The minimum atomic E-state index is 0.340. The quantitative estimate of drug-likeness (QED) is 0.565. The third-order valence-electron chi connectivity index (χ3n) is 1.51. The smallest absolute Gasteiger partial charge is 0.115 e. The van der Waals surface area contributed by atoms with Crippen LogP contribution in [-0.2, 0) is 16.2 Å². The van der Waals surface area contributed by atoms with Crippen molar-refractivity contribution < 1.29 is 14.9 Å². The molecule has 0 saturated carbocycles. The summed E-state index contributed by atoms with van der Waals surface area (Å²) in [6.07, 6.45) is 1.03. The van der Waals surface area contributed by atoms with Crippen molar-refractivity contribution in [2.45, 2.75) is 13.3 Å². The second kappa shape index (κ2) is 7.58. The van der Waals surface area contributed by atoms with Gasteiger partial charge in [0.15, 0.2) is 0 Å². The van der Waals surface area contributed by atoms with Crippen LogP contribution in [0.1, 0.15) is 12.5 Å². The standard InChI is InChI=1S/C8H10O.C2H6O2/c1-2-7-3-5-8(9)6-4-7;1-3-4-2/h3-6,9H,2H2,1H3;1-2H3. The lowest BCUT2D eigenvalue weighted by Crippen LogP contribution is -1.75. The molecule has 0 heterocycles. The summed E-state index contributed by atoms with van der Waals surface area (Å²) < 4.78 is 0. The van der Waals surface area contributed by atoms with E-state index in [4.69, 9.17) is 5.11 Å². The number of aryl methyl sites for hydroxylation is 1. The van der Waals surface area contributed by atoms with Gasteiger partial charge in [0, 0.05) is 0 Å². The maximum atomic E-state index is 8.85. The summed E-state index contributed by atoms with van der Waals surface area (Å²) in [6.45, 7) is 2.09. The van der Waals surface area contributed by atoms with Crippen LogP contribution in [0.2, 0.25) is 0 Å². The monoisotopic (exact) mass is 184 g/mol. The Balaban J connectivity index is 0.000000310. The van der Waals surface area contributed by atoms with Crippen LogP contribution in [0, 0.1) is 0 Å². The van der Waals surface area contributed by atoms with Crippen LogP contribution in [0.5, 0.6) is 5.75 Å². The van der Waals surface area contributed by atoms with Crippen LogP contribution < -0.4 is 0 Å². The van der Waals surface area contributed by atoms with Crippen molar-refractivity contribution in [3.63, 3.8) is 0 Å². The molecule has 1 aromatic carbocycles. The lowest BCUT2D eigenvalue weighted by molar-refractivity contribution is -0.248. The molecule has 0 amide bonds. The average Bonchev–Trinajstić information content (AvgIpc) is 2.19. The zero-order chi connectivity index (χ0) is 10.1. The van der Waals surface area contributed by atoms with Crippen molar-refractivity contribution in [2.24, 2.45) is 0 Å². The topological polar surface area (TPSA) is 38.7 Å². The summed E-state index contributed by atoms with van der Waals surface area (Å²) in [7, 11) is 2.92. The third-order valence-corrected chi connectivity index (χ3v) is 1.51. The minimum absolute atomic E-state index is 0.340. The Hall–Kier alpha value is -1.06. The Labute approximate surface area is 78.8 Å². The molecule has 3 heteroatoms. The van der Waals surface area contributed by atoms with E-state index in [1.807, 2.05) is 12.1 Å². The van der Waals surface area contributed by atoms with E-state index in [1.54, 1.807) is 12.1 Å². The highest BCUT2D eigenvalue weighted by atomic mass is 17.2. The van der Waals surface area contributed by atoms with E-state index in [9.17, 15) is 0 Å². The minimum Gasteiger partial charge on any atom is -0.508 e. The zero-order valence-corrected chi connectivity index (χ0v) is 8.28. The molecule has 0 aliphatic carbocycles. The Morgan fingerprint density at radius 3 is 1.85 bits per heavy atom. The van der Waals surface area contributed by atoms with Crippen molar-refractivity contribution in [2.75, 3.05) is 14.2 Å². The zero-order valence-electron chi connectivity index (χ0n) is 8.28. The molecule has 0 aromatic heterocycles. The molecule has 3 nitrogen and oxygen atoms in total. The second-order valence-electron chi connectivity index (χ2n) is 2.35. The maximum absolute atomic E-state index is 8.85. The van der Waals surface area contributed by atoms with Gasteiger partial charge in [0.25, 0.3) is 0 Å². The Morgan fingerprint density at radius 1 is 1.08 bits per heavy atom. The molecule has 0 spiro atoms. The number of benzene rings is 1. The van der Waals surface area contributed by atoms with Crippen molar-refractivity contribution in [3.8, 4) is 5.75 Å². The molecule has 74 valence electrons. The van der Waals surface area contributed by atoms with Crippen LogP contribution in [0.3, 0.4) is 0 Å². The molecule has 1 rings (SSSR count). The molecule has 0 aliphatic rings. The van der Waals surface area contributed by atoms with E-state index < -0.39 is 0 Å². The van der Waals surface area contributed by atoms with Gasteiger partial charge in [-0.25, -0.2) is 9.78 Å². The molecule has 13 heavy (non-hydrogen) atoms. The fraction of sp³-hybridized carbons (Fsp3) is 0.400. The molecule has 0 bridgehead atoms. The highest BCUT2D eigenvalue weighted by Crippen LogP contribution is 2.09. The highest BCUT2D eigenvalue weighted by Gasteiger charge is 1.86. The summed E-state index contributed by atoms with van der Waals surface area (Å²) in [5.41, 5.74) is 1.26. The summed E-state index contributed by atoms with van der Waals surface area (Å²) in [4.78, 5) is 8.08. The fourth-order valence-electron chi connectivity index (χ4n) is 0.732. The van der Waals surface area contributed by atoms with Crippen molar-refractivity contribution >= 4 is 0 Å². The SMILES string of the molecule is CCc1ccc(O)cc1.COOC. The Kier molecular flexibility index (Phi) is 6.96. The van der Waals surface area contributed by atoms with Gasteiger partial charge in [-0.05, 0) is 24.1 Å². The van der Waals surface area contributed by atoms with Crippen molar-refractivity contribution in [1.29, 1.82) is 0 Å². The van der Waals surface area contributed by atoms with Gasteiger partial charge in [-0.3, -0.25) is 0 Å². The van der Waals surface area contributed by atoms with Gasteiger partial charge in [0.1, 0.15) is 5.75 Å². The third kappa shape index (κ3) is 6.13. The predicted molar refractivity (Wildman–Crippen MR) is 51.5 cm³/mol. The highest BCUT2D eigenvalue weighted by molar-refractivity contribution is 5.25. The van der Waals surface area contributed by atoms with Gasteiger partial charge >= 0.3 is 0 Å². The molecular formula is C10H16O3. The van der Waals surface area contributed by atoms with Gasteiger partial charge in [-0.2, -0.15) is 0 Å². The molecule has 1 aromatic rings. The largest absolute Gasteiger partial charge is 0.508 e. The molecule has 0 fully saturated rings. The molecule has 0 atom stereocenters. The second-order valence-corrected chi connectivity index (χ2v) is 2.35. The number of aromatic hydroxyl groups is 1. The summed E-state index contributed by atoms with van der Waals surface area (Å²) >= 11 is 0. The van der Waals surface area contributed by atoms with Crippen LogP contribution in [0.4, 0.5) is 0 Å². The summed E-state index contributed by atoms with van der Waals surface area (Å²) in [6, 6.07) is 7.27. The van der Waals surface area contributed by atoms with Crippen molar-refractivity contribution in [3.05, 3.63) is 29.8 Å². The molecular weight excluding hydrogens is 168 g/mol. The molecule has 1 N–H and O–H groups in total. The van der Waals surface area contributed by atoms with E-state index >= 15 is 0 Å². The summed E-state index contributed by atoms with van der Waals surface area (Å²) in [5.74, 6) is 0.340.